The van der Waals surface area contributed by atoms with Gasteiger partial charge in [0, 0.05) is 28.7 Å². The quantitative estimate of drug-likeness (QED) is 0.324. The van der Waals surface area contributed by atoms with E-state index in [0.717, 1.165) is 21.9 Å². The number of fused-ring (bicyclic) bond motifs is 5. The molecule has 0 atom stereocenters. The van der Waals surface area contributed by atoms with Crippen LogP contribution in [0.15, 0.2) is 72.8 Å². The lowest BCUT2D eigenvalue weighted by Gasteiger charge is -2.14. The van der Waals surface area contributed by atoms with E-state index in [1.54, 1.807) is 12.1 Å². The van der Waals surface area contributed by atoms with Crippen molar-refractivity contribution in [2.24, 2.45) is 7.05 Å². The molecule has 0 aliphatic heterocycles. The number of rotatable bonds is 1. The van der Waals surface area contributed by atoms with Crippen LogP contribution in [0.1, 0.15) is 5.56 Å². The Morgan fingerprint density at radius 2 is 1.50 bits per heavy atom. The maximum absolute atomic E-state index is 14.2. The van der Waals surface area contributed by atoms with Crippen molar-refractivity contribution in [3.8, 4) is 11.1 Å². The van der Waals surface area contributed by atoms with Crippen molar-refractivity contribution in [3.63, 3.8) is 0 Å². The van der Waals surface area contributed by atoms with Gasteiger partial charge in [0.2, 0.25) is 0 Å². The highest BCUT2D eigenvalue weighted by Gasteiger charge is 2.19. The van der Waals surface area contributed by atoms with Gasteiger partial charge in [-0.05, 0) is 53.3 Å². The van der Waals surface area contributed by atoms with Crippen LogP contribution in [0, 0.1) is 12.7 Å². The summed E-state index contributed by atoms with van der Waals surface area (Å²) >= 11 is 0. The van der Waals surface area contributed by atoms with Crippen LogP contribution in [-0.4, -0.2) is 4.57 Å². The van der Waals surface area contributed by atoms with Gasteiger partial charge in [0.1, 0.15) is 5.82 Å². The summed E-state index contributed by atoms with van der Waals surface area (Å²) in [6.07, 6.45) is 0. The summed E-state index contributed by atoms with van der Waals surface area (Å²) in [5.41, 5.74) is 5.79. The summed E-state index contributed by atoms with van der Waals surface area (Å²) in [5.74, 6) is -0.202. The molecule has 0 N–H and O–H groups in total. The lowest BCUT2D eigenvalue weighted by atomic mass is 9.90. The van der Waals surface area contributed by atoms with Crippen molar-refractivity contribution in [1.82, 2.24) is 4.57 Å². The van der Waals surface area contributed by atoms with Crippen LogP contribution in [0.5, 0.6) is 0 Å². The number of aromatic nitrogens is 1. The van der Waals surface area contributed by atoms with E-state index in [1.807, 2.05) is 24.3 Å². The molecule has 0 saturated heterocycles. The molecule has 0 bridgehead atoms. The van der Waals surface area contributed by atoms with E-state index in [1.165, 1.54) is 27.4 Å². The number of benzene rings is 4. The van der Waals surface area contributed by atoms with Crippen molar-refractivity contribution >= 4 is 32.6 Å². The first-order valence-corrected chi connectivity index (χ1v) is 8.81. The highest BCUT2D eigenvalue weighted by atomic mass is 19.1. The minimum atomic E-state index is -0.202. The lowest BCUT2D eigenvalue weighted by Crippen LogP contribution is -1.93. The first kappa shape index (κ1) is 15.2. The zero-order valence-corrected chi connectivity index (χ0v) is 14.8. The van der Waals surface area contributed by atoms with E-state index in [0.29, 0.717) is 0 Å². The monoisotopic (exact) mass is 339 g/mol. The van der Waals surface area contributed by atoms with Crippen molar-refractivity contribution in [2.75, 3.05) is 0 Å². The molecule has 0 radical (unpaired) electrons. The van der Waals surface area contributed by atoms with Gasteiger partial charge in [-0.3, -0.25) is 0 Å². The summed E-state index contributed by atoms with van der Waals surface area (Å²) in [4.78, 5) is 0. The molecule has 0 spiro atoms. The van der Waals surface area contributed by atoms with Crippen molar-refractivity contribution in [2.45, 2.75) is 6.92 Å². The Labute approximate surface area is 151 Å². The number of nitrogens with zero attached hydrogens (tertiary/aromatic N) is 1. The van der Waals surface area contributed by atoms with Crippen molar-refractivity contribution in [1.29, 1.82) is 0 Å². The fourth-order valence-corrected chi connectivity index (χ4v) is 4.32. The minimum Gasteiger partial charge on any atom is -0.343 e. The van der Waals surface area contributed by atoms with Crippen LogP contribution in [-0.2, 0) is 7.05 Å². The van der Waals surface area contributed by atoms with Gasteiger partial charge < -0.3 is 4.57 Å². The molecule has 4 aromatic carbocycles. The lowest BCUT2D eigenvalue weighted by molar-refractivity contribution is 0.630. The average Bonchev–Trinajstić information content (AvgIpc) is 2.96. The zero-order chi connectivity index (χ0) is 17.8. The molecule has 1 heterocycles. The highest BCUT2D eigenvalue weighted by Crippen LogP contribution is 2.42. The van der Waals surface area contributed by atoms with Crippen LogP contribution >= 0.6 is 0 Å². The molecule has 0 aliphatic rings. The van der Waals surface area contributed by atoms with Gasteiger partial charge in [-0.15, -0.1) is 0 Å². The SMILES string of the molecule is Cc1c(-c2ccccc2)c2cc(F)ccc2c2c1c1ccccc1n2C. The third-order valence-corrected chi connectivity index (χ3v) is 5.43. The number of hydrogen-bond donors (Lipinski definition) is 0. The molecular weight excluding hydrogens is 321 g/mol. The molecule has 1 nitrogen and oxygen atoms in total. The van der Waals surface area contributed by atoms with Gasteiger partial charge in [0.15, 0.2) is 0 Å². The summed E-state index contributed by atoms with van der Waals surface area (Å²) in [7, 11) is 2.09. The number of hydrogen-bond acceptors (Lipinski definition) is 0. The molecule has 26 heavy (non-hydrogen) atoms. The Hall–Kier alpha value is -3.13. The fourth-order valence-electron chi connectivity index (χ4n) is 4.32. The molecule has 0 fully saturated rings. The summed E-state index contributed by atoms with van der Waals surface area (Å²) in [6, 6.07) is 23.9. The van der Waals surface area contributed by atoms with Crippen LogP contribution in [0.25, 0.3) is 43.7 Å². The predicted octanol–water partition coefficient (Wildman–Crippen LogP) is 6.60. The molecule has 5 rings (SSSR count). The van der Waals surface area contributed by atoms with Crippen LogP contribution in [0.3, 0.4) is 0 Å². The highest BCUT2D eigenvalue weighted by molar-refractivity contribution is 6.23. The molecule has 2 heteroatoms. The second-order valence-electron chi connectivity index (χ2n) is 6.86. The molecule has 5 aromatic rings. The third kappa shape index (κ3) is 1.96. The van der Waals surface area contributed by atoms with Crippen molar-refractivity contribution < 1.29 is 4.39 Å². The van der Waals surface area contributed by atoms with E-state index in [-0.39, 0.29) is 5.82 Å². The van der Waals surface area contributed by atoms with Gasteiger partial charge >= 0.3 is 0 Å². The third-order valence-electron chi connectivity index (χ3n) is 5.43. The van der Waals surface area contributed by atoms with Crippen molar-refractivity contribution in [3.05, 3.63) is 84.2 Å². The fraction of sp³-hybridized carbons (Fsp3) is 0.0833. The second-order valence-corrected chi connectivity index (χ2v) is 6.86. The van der Waals surface area contributed by atoms with Crippen LogP contribution in [0.2, 0.25) is 0 Å². The first-order valence-electron chi connectivity index (χ1n) is 8.81. The smallest absolute Gasteiger partial charge is 0.123 e. The maximum atomic E-state index is 14.2. The van der Waals surface area contributed by atoms with Gasteiger partial charge in [-0.1, -0.05) is 48.5 Å². The Balaban J connectivity index is 2.12. The molecule has 0 amide bonds. The van der Waals surface area contributed by atoms with E-state index < -0.39 is 0 Å². The van der Waals surface area contributed by atoms with Gasteiger partial charge in [0.25, 0.3) is 0 Å². The standard InChI is InChI=1S/C24H18FN/c1-15-22(16-8-4-3-5-9-16)20-14-17(25)12-13-18(20)24-23(15)19-10-6-7-11-21(19)26(24)2/h3-14H,1-2H3. The average molecular weight is 339 g/mol. The Morgan fingerprint density at radius 3 is 2.31 bits per heavy atom. The zero-order valence-electron chi connectivity index (χ0n) is 14.8. The molecule has 126 valence electrons. The number of aryl methyl sites for hydroxylation is 2. The van der Waals surface area contributed by atoms with Crippen LogP contribution < -0.4 is 0 Å². The van der Waals surface area contributed by atoms with E-state index >= 15 is 0 Å². The predicted molar refractivity (Wildman–Crippen MR) is 108 cm³/mol. The number of halogens is 1. The number of para-hydroxylation sites is 1. The first-order chi connectivity index (χ1) is 12.7. The molecular formula is C24H18FN. The minimum absolute atomic E-state index is 0.202. The van der Waals surface area contributed by atoms with Gasteiger partial charge in [0.05, 0.1) is 5.52 Å². The van der Waals surface area contributed by atoms with E-state index in [4.69, 9.17) is 0 Å². The molecule has 1 aromatic heterocycles. The molecule has 0 saturated carbocycles. The maximum Gasteiger partial charge on any atom is 0.123 e. The summed E-state index contributed by atoms with van der Waals surface area (Å²) < 4.78 is 16.4. The largest absolute Gasteiger partial charge is 0.343 e. The summed E-state index contributed by atoms with van der Waals surface area (Å²) in [6.45, 7) is 2.15. The Kier molecular flexibility index (Phi) is 3.17. The normalized spacial score (nSPS) is 11.7. The van der Waals surface area contributed by atoms with E-state index in [9.17, 15) is 4.39 Å². The second kappa shape index (κ2) is 5.43. The molecule has 0 aliphatic carbocycles. The van der Waals surface area contributed by atoms with E-state index in [2.05, 4.69) is 54.9 Å². The molecule has 0 unspecified atom stereocenters. The topological polar surface area (TPSA) is 4.93 Å². The Morgan fingerprint density at radius 1 is 0.769 bits per heavy atom. The Bertz CT molecular complexity index is 1300. The van der Waals surface area contributed by atoms with Crippen LogP contribution in [0.4, 0.5) is 4.39 Å². The van der Waals surface area contributed by atoms with Gasteiger partial charge in [-0.2, -0.15) is 0 Å². The van der Waals surface area contributed by atoms with Gasteiger partial charge in [-0.25, -0.2) is 4.39 Å². The summed E-state index contributed by atoms with van der Waals surface area (Å²) in [5, 5.41) is 4.55.